The minimum atomic E-state index is 0.191. The molecule has 2 N–H and O–H groups in total. The van der Waals surface area contributed by atoms with E-state index in [0.29, 0.717) is 50.1 Å². The third kappa shape index (κ3) is 4.91. The standard InChI is InChI=1S/C18H17Cl3N4O2S/c1-2-26-16-6-11(8-23-25-10-22-24-18(25)28)15(21)7-17(16)27-9-12-13(19)4-3-5-14(12)20/h3-7,10,23H,2,8-9H2,1H3,(H,24,28). The fraction of sp³-hybridized carbons (Fsp3) is 0.222. The smallest absolute Gasteiger partial charge is 0.214 e. The Morgan fingerprint density at radius 1 is 1.11 bits per heavy atom. The van der Waals surface area contributed by atoms with E-state index in [2.05, 4.69) is 15.6 Å². The van der Waals surface area contributed by atoms with Crippen LogP contribution in [0, 0.1) is 4.77 Å². The number of aromatic amines is 1. The molecule has 0 spiro atoms. The maximum absolute atomic E-state index is 6.44. The van der Waals surface area contributed by atoms with E-state index in [-0.39, 0.29) is 6.61 Å². The quantitative estimate of drug-likeness (QED) is 0.428. The molecule has 0 aliphatic carbocycles. The Hall–Kier alpha value is -1.93. The molecule has 1 heterocycles. The lowest BCUT2D eigenvalue weighted by atomic mass is 10.2. The van der Waals surface area contributed by atoms with Gasteiger partial charge in [0.1, 0.15) is 12.9 Å². The van der Waals surface area contributed by atoms with E-state index in [0.717, 1.165) is 5.56 Å². The highest BCUT2D eigenvalue weighted by molar-refractivity contribution is 7.71. The van der Waals surface area contributed by atoms with Crippen molar-refractivity contribution in [3.8, 4) is 11.5 Å². The first-order chi connectivity index (χ1) is 13.5. The number of benzene rings is 2. The van der Waals surface area contributed by atoms with Gasteiger partial charge < -0.3 is 14.9 Å². The van der Waals surface area contributed by atoms with Gasteiger partial charge in [-0.05, 0) is 42.9 Å². The lowest BCUT2D eigenvalue weighted by molar-refractivity contribution is 0.269. The van der Waals surface area contributed by atoms with Gasteiger partial charge in [-0.3, -0.25) is 5.10 Å². The predicted octanol–water partition coefficient (Wildman–Crippen LogP) is 5.62. The van der Waals surface area contributed by atoms with Crippen LogP contribution in [0.5, 0.6) is 11.5 Å². The minimum absolute atomic E-state index is 0.191. The summed E-state index contributed by atoms with van der Waals surface area (Å²) in [4.78, 5) is 0. The largest absolute Gasteiger partial charge is 0.490 e. The normalized spacial score (nSPS) is 10.7. The summed E-state index contributed by atoms with van der Waals surface area (Å²) in [6.45, 7) is 2.98. The molecule has 0 atom stereocenters. The second-order valence-corrected chi connectivity index (χ2v) is 7.29. The summed E-state index contributed by atoms with van der Waals surface area (Å²) in [6, 6.07) is 8.84. The van der Waals surface area contributed by atoms with Gasteiger partial charge in [0.05, 0.1) is 13.2 Å². The molecule has 0 amide bonds. The topological polar surface area (TPSA) is 64.1 Å². The molecule has 0 aliphatic rings. The number of halogens is 3. The van der Waals surface area contributed by atoms with Crippen molar-refractivity contribution in [1.82, 2.24) is 14.9 Å². The molecule has 0 radical (unpaired) electrons. The number of rotatable bonds is 8. The highest BCUT2D eigenvalue weighted by Gasteiger charge is 2.13. The molecule has 28 heavy (non-hydrogen) atoms. The van der Waals surface area contributed by atoms with Crippen LogP contribution >= 0.6 is 47.0 Å². The molecule has 0 aliphatic heterocycles. The van der Waals surface area contributed by atoms with Crippen molar-refractivity contribution in [3.63, 3.8) is 0 Å². The van der Waals surface area contributed by atoms with Crippen LogP contribution in [0.25, 0.3) is 0 Å². The highest BCUT2D eigenvalue weighted by atomic mass is 35.5. The Morgan fingerprint density at radius 2 is 1.82 bits per heavy atom. The summed E-state index contributed by atoms with van der Waals surface area (Å²) in [5.74, 6) is 1.08. The van der Waals surface area contributed by atoms with Gasteiger partial charge in [-0.25, -0.2) is 4.68 Å². The first-order valence-electron chi connectivity index (χ1n) is 8.36. The zero-order chi connectivity index (χ0) is 20.1. The van der Waals surface area contributed by atoms with Crippen LogP contribution in [0.4, 0.5) is 0 Å². The van der Waals surface area contributed by atoms with Gasteiger partial charge in [0, 0.05) is 26.7 Å². The molecule has 0 fully saturated rings. The summed E-state index contributed by atoms with van der Waals surface area (Å²) in [5.41, 5.74) is 4.63. The van der Waals surface area contributed by atoms with Gasteiger partial charge in [0.25, 0.3) is 0 Å². The number of hydrogen-bond donors (Lipinski definition) is 2. The average Bonchev–Trinajstić information content (AvgIpc) is 3.07. The van der Waals surface area contributed by atoms with Crippen molar-refractivity contribution in [2.75, 3.05) is 12.0 Å². The van der Waals surface area contributed by atoms with Crippen LogP contribution in [-0.4, -0.2) is 21.5 Å². The van der Waals surface area contributed by atoms with E-state index in [9.17, 15) is 0 Å². The lowest BCUT2D eigenvalue weighted by Gasteiger charge is -2.16. The van der Waals surface area contributed by atoms with Crippen LogP contribution in [0.15, 0.2) is 36.7 Å². The molecule has 148 valence electrons. The zero-order valence-electron chi connectivity index (χ0n) is 14.8. The van der Waals surface area contributed by atoms with Crippen molar-refractivity contribution in [2.24, 2.45) is 0 Å². The van der Waals surface area contributed by atoms with E-state index in [1.54, 1.807) is 35.3 Å². The van der Waals surface area contributed by atoms with Crippen molar-refractivity contribution in [3.05, 3.63) is 67.6 Å². The summed E-state index contributed by atoms with van der Waals surface area (Å²) in [6.07, 6.45) is 1.55. The molecule has 10 heteroatoms. The minimum Gasteiger partial charge on any atom is -0.490 e. The SMILES string of the molecule is CCOc1cc(CNn2cn[nH]c2=S)c(Cl)cc1OCc1c(Cl)cccc1Cl. The molecule has 0 unspecified atom stereocenters. The van der Waals surface area contributed by atoms with Gasteiger partial charge in [-0.15, -0.1) is 0 Å². The second-order valence-electron chi connectivity index (χ2n) is 5.68. The zero-order valence-corrected chi connectivity index (χ0v) is 17.9. The molecule has 0 bridgehead atoms. The first kappa shape index (κ1) is 20.8. The number of ether oxygens (including phenoxy) is 2. The Labute approximate surface area is 182 Å². The third-order valence-corrected chi connectivity index (χ3v) is 5.19. The molecule has 3 aromatic rings. The average molecular weight is 460 g/mol. The summed E-state index contributed by atoms with van der Waals surface area (Å²) >= 11 is 24.0. The van der Waals surface area contributed by atoms with E-state index in [1.807, 2.05) is 13.0 Å². The predicted molar refractivity (Wildman–Crippen MR) is 114 cm³/mol. The molecule has 1 aromatic heterocycles. The number of nitrogens with zero attached hydrogens (tertiary/aromatic N) is 2. The van der Waals surface area contributed by atoms with Gasteiger partial charge in [-0.2, -0.15) is 5.10 Å². The first-order valence-corrected chi connectivity index (χ1v) is 9.90. The Morgan fingerprint density at radius 3 is 2.46 bits per heavy atom. The monoisotopic (exact) mass is 458 g/mol. The number of hydrogen-bond acceptors (Lipinski definition) is 5. The maximum atomic E-state index is 6.44. The van der Waals surface area contributed by atoms with E-state index in [4.69, 9.17) is 56.5 Å². The van der Waals surface area contributed by atoms with Crippen molar-refractivity contribution < 1.29 is 9.47 Å². The molecule has 3 rings (SSSR count). The van der Waals surface area contributed by atoms with E-state index < -0.39 is 0 Å². The number of aromatic nitrogens is 3. The fourth-order valence-electron chi connectivity index (χ4n) is 2.45. The molecular formula is C18H17Cl3N4O2S. The highest BCUT2D eigenvalue weighted by Crippen LogP contribution is 2.35. The number of nitrogens with one attached hydrogen (secondary N) is 2. The number of H-pyrrole nitrogens is 1. The molecule has 6 nitrogen and oxygen atoms in total. The van der Waals surface area contributed by atoms with E-state index >= 15 is 0 Å². The second kappa shape index (κ2) is 9.52. The molecule has 2 aromatic carbocycles. The Kier molecular flexibility index (Phi) is 7.07. The maximum Gasteiger partial charge on any atom is 0.214 e. The van der Waals surface area contributed by atoms with Crippen LogP contribution in [-0.2, 0) is 13.2 Å². The summed E-state index contributed by atoms with van der Waals surface area (Å²) in [5, 5.41) is 8.12. The van der Waals surface area contributed by atoms with Crippen LogP contribution in [0.3, 0.4) is 0 Å². The van der Waals surface area contributed by atoms with Crippen LogP contribution < -0.4 is 14.9 Å². The van der Waals surface area contributed by atoms with Crippen molar-refractivity contribution in [2.45, 2.75) is 20.1 Å². The van der Waals surface area contributed by atoms with Gasteiger partial charge in [-0.1, -0.05) is 40.9 Å². The van der Waals surface area contributed by atoms with Gasteiger partial charge in [0.15, 0.2) is 11.5 Å². The van der Waals surface area contributed by atoms with Crippen LogP contribution in [0.2, 0.25) is 15.1 Å². The summed E-state index contributed by atoms with van der Waals surface area (Å²) in [7, 11) is 0. The Bertz CT molecular complexity index is 1000. The third-order valence-electron chi connectivity index (χ3n) is 3.84. The van der Waals surface area contributed by atoms with Gasteiger partial charge in [0.2, 0.25) is 4.77 Å². The van der Waals surface area contributed by atoms with Gasteiger partial charge >= 0.3 is 0 Å². The summed E-state index contributed by atoms with van der Waals surface area (Å²) < 4.78 is 13.7. The van der Waals surface area contributed by atoms with E-state index in [1.165, 1.54) is 0 Å². The van der Waals surface area contributed by atoms with Crippen molar-refractivity contribution >= 4 is 47.0 Å². The molecular weight excluding hydrogens is 443 g/mol. The molecule has 0 saturated heterocycles. The molecule has 0 saturated carbocycles. The Balaban J connectivity index is 1.80. The lowest BCUT2D eigenvalue weighted by Crippen LogP contribution is -2.14. The van der Waals surface area contributed by atoms with Crippen LogP contribution in [0.1, 0.15) is 18.1 Å². The fourth-order valence-corrected chi connectivity index (χ4v) is 3.34. The van der Waals surface area contributed by atoms with Crippen molar-refractivity contribution in [1.29, 1.82) is 0 Å².